The van der Waals surface area contributed by atoms with E-state index in [4.69, 9.17) is 13.0 Å². The highest BCUT2D eigenvalue weighted by molar-refractivity contribution is 7.86. The maximum absolute atomic E-state index is 15.2. The molecule has 0 fully saturated rings. The third-order valence-corrected chi connectivity index (χ3v) is 10.7. The monoisotopic (exact) mass is 872 g/mol. The molecule has 4 atom stereocenters. The van der Waals surface area contributed by atoms with Gasteiger partial charge in [0.25, 0.3) is 0 Å². The number of hydrogen-bond donors (Lipinski definition) is 0. The van der Waals surface area contributed by atoms with Crippen LogP contribution >= 0.6 is 0 Å². The van der Waals surface area contributed by atoms with Crippen molar-refractivity contribution in [1.29, 1.82) is 0 Å². The zero-order chi connectivity index (χ0) is 45.0. The van der Waals surface area contributed by atoms with Crippen LogP contribution in [0.5, 0.6) is 0 Å². The third kappa shape index (κ3) is 9.10. The Balaban J connectivity index is 0.000000870. The number of benzene rings is 4. The first-order chi connectivity index (χ1) is 27.0. The Morgan fingerprint density at radius 1 is 0.593 bits per heavy atom. The third-order valence-electron chi connectivity index (χ3n) is 10.1. The number of nitrogens with zero attached hydrogens (tertiary/aromatic N) is 2. The molecule has 19 heteroatoms. The van der Waals surface area contributed by atoms with E-state index in [2.05, 4.69) is 0 Å². The van der Waals surface area contributed by atoms with Crippen molar-refractivity contribution in [2.75, 3.05) is 4.90 Å². The quantitative estimate of drug-likeness (QED) is 0.0442. The molecule has 0 aliphatic carbocycles. The Morgan fingerprint density at radius 2 is 0.898 bits per heavy atom. The highest BCUT2D eigenvalue weighted by Crippen LogP contribution is 2.43. The molecule has 4 unspecified atom stereocenters. The molecule has 0 spiro atoms. The first kappa shape index (κ1) is 47.0. The summed E-state index contributed by atoms with van der Waals surface area (Å²) >= 11 is 0. The van der Waals surface area contributed by atoms with Crippen LogP contribution in [0.1, 0.15) is 83.0 Å². The van der Waals surface area contributed by atoms with Gasteiger partial charge in [0, 0.05) is 11.1 Å². The number of aryl methyl sites for hydroxylation is 6. The Hall–Kier alpha value is -4.65. The summed E-state index contributed by atoms with van der Waals surface area (Å²) in [5.74, 6) is -23.5. The molecule has 322 valence electrons. The van der Waals surface area contributed by atoms with Gasteiger partial charge in [0.1, 0.15) is 23.5 Å². The summed E-state index contributed by atoms with van der Waals surface area (Å²) in [5.41, 5.74) is -1.40. The van der Waals surface area contributed by atoms with E-state index < -0.39 is 109 Å². The molecule has 0 N–H and O–H groups in total. The normalized spacial score (nSPS) is 16.8. The van der Waals surface area contributed by atoms with E-state index in [0.717, 1.165) is 33.4 Å². The van der Waals surface area contributed by atoms with Gasteiger partial charge in [-0.1, -0.05) is 49.2 Å². The van der Waals surface area contributed by atoms with Crippen molar-refractivity contribution in [3.8, 4) is 0 Å². The lowest BCUT2D eigenvalue weighted by Gasteiger charge is -2.30. The summed E-state index contributed by atoms with van der Waals surface area (Å²) in [6, 6.07) is 5.82. The second-order valence-electron chi connectivity index (χ2n) is 14.7. The molecule has 5 rings (SSSR count). The summed E-state index contributed by atoms with van der Waals surface area (Å²) in [6.45, 7) is 13.7. The van der Waals surface area contributed by atoms with Gasteiger partial charge in [-0.2, -0.15) is 13.2 Å². The summed E-state index contributed by atoms with van der Waals surface area (Å²) in [5, 5.41) is 0. The van der Waals surface area contributed by atoms with Crippen molar-refractivity contribution in [1.82, 2.24) is 0 Å². The van der Waals surface area contributed by atoms with Crippen molar-refractivity contribution in [3.05, 3.63) is 127 Å². The number of hydrogen-bond acceptors (Lipinski definition) is 4. The van der Waals surface area contributed by atoms with Crippen LogP contribution in [0.25, 0.3) is 0 Å². The van der Waals surface area contributed by atoms with Crippen LogP contribution in [0.2, 0.25) is 0 Å². The average molecular weight is 873 g/mol. The van der Waals surface area contributed by atoms with E-state index in [-0.39, 0.29) is 12.8 Å². The maximum atomic E-state index is 15.2. The molecule has 4 aromatic rings. The van der Waals surface area contributed by atoms with E-state index in [0.29, 0.717) is 11.4 Å². The van der Waals surface area contributed by atoms with E-state index in [1.54, 1.807) is 15.8 Å². The lowest BCUT2D eigenvalue weighted by Crippen LogP contribution is -2.41. The van der Waals surface area contributed by atoms with Crippen LogP contribution in [-0.4, -0.2) is 41.5 Å². The molecule has 0 bridgehead atoms. The number of halogens is 13. The molecule has 0 radical (unpaired) electrons. The number of rotatable bonds is 8. The highest BCUT2D eigenvalue weighted by Gasteiger charge is 2.48. The fourth-order valence-corrected chi connectivity index (χ4v) is 7.89. The summed E-state index contributed by atoms with van der Waals surface area (Å²) < 4.78 is 207. The van der Waals surface area contributed by atoms with Gasteiger partial charge in [-0.05, 0) is 88.5 Å². The van der Waals surface area contributed by atoms with Crippen molar-refractivity contribution in [3.63, 3.8) is 0 Å². The van der Waals surface area contributed by atoms with E-state index >= 15 is 17.6 Å². The molecule has 0 aromatic heterocycles. The molecule has 0 saturated heterocycles. The molecule has 1 heterocycles. The number of alkyl halides is 3. The molecule has 1 aliphatic heterocycles. The zero-order valence-corrected chi connectivity index (χ0v) is 33.4. The van der Waals surface area contributed by atoms with Crippen LogP contribution in [-0.2, 0) is 10.1 Å². The Kier molecular flexibility index (Phi) is 13.7. The molecule has 0 saturated carbocycles. The minimum absolute atomic E-state index is 0.253. The van der Waals surface area contributed by atoms with Gasteiger partial charge in [0.05, 0.1) is 0 Å². The molecule has 4 aromatic carbocycles. The second-order valence-corrected chi connectivity index (χ2v) is 16.1. The van der Waals surface area contributed by atoms with Gasteiger partial charge in [0.2, 0.25) is 18.0 Å². The number of anilines is 1. The van der Waals surface area contributed by atoms with Crippen LogP contribution in [0.4, 0.5) is 68.5 Å². The first-order valence-corrected chi connectivity index (χ1v) is 19.1. The average Bonchev–Trinajstić information content (AvgIpc) is 3.42. The Labute approximate surface area is 331 Å². The first-order valence-electron chi connectivity index (χ1n) is 17.6. The molecular weight excluding hydrogens is 835 g/mol. The van der Waals surface area contributed by atoms with Gasteiger partial charge < -0.3 is 4.55 Å². The van der Waals surface area contributed by atoms with E-state index in [1.165, 1.54) is 13.8 Å². The minimum atomic E-state index is -6.09. The largest absolute Gasteiger partial charge is 0.741 e. The molecule has 59 heavy (non-hydrogen) atoms. The van der Waals surface area contributed by atoms with Gasteiger partial charge in [0.15, 0.2) is 56.7 Å². The molecule has 1 aliphatic rings. The lowest BCUT2D eigenvalue weighted by molar-refractivity contribution is -0.476. The van der Waals surface area contributed by atoms with Gasteiger partial charge in [-0.15, -0.1) is 0 Å². The van der Waals surface area contributed by atoms with Crippen LogP contribution in [0.15, 0.2) is 24.3 Å². The van der Waals surface area contributed by atoms with Crippen molar-refractivity contribution in [2.45, 2.75) is 97.7 Å². The summed E-state index contributed by atoms with van der Waals surface area (Å²) in [6.07, 6.45) is 1.22. The molecule has 0 amide bonds. The van der Waals surface area contributed by atoms with Crippen molar-refractivity contribution < 1.29 is 74.6 Å². The Bertz CT molecular complexity index is 2350. The fraction of sp³-hybridized carbons (Fsp3) is 0.375. The van der Waals surface area contributed by atoms with E-state index in [1.807, 2.05) is 65.8 Å². The smallest absolute Gasteiger partial charge is 0.485 e. The second kappa shape index (κ2) is 17.1. The topological polar surface area (TPSA) is 63.5 Å². The molecular formula is C40H37F13N2O3S. The standard InChI is InChI=1S/C39H37F10N2.CHF3O3S/c1-16-9-20(5)38(21(6)10-16)50-15-51(39-22(7)11-17(2)12-23(39)8)25(14-19(4)27-30(42)34(46)37(49)35(47)31(27)43)24(50)13-18(3)26-28(40)32(44)36(48)33(45)29(26)41;2-1(3,4)8(5,6)7/h9-12,15,18-19,24-25H,13-14H2,1-8H3;(H,5,6,7)/q+1;/p-1. The van der Waals surface area contributed by atoms with Crippen LogP contribution in [0.3, 0.4) is 0 Å². The maximum Gasteiger partial charge on any atom is 0.485 e. The minimum Gasteiger partial charge on any atom is -0.741 e. The van der Waals surface area contributed by atoms with Crippen LogP contribution < -0.4 is 4.90 Å². The van der Waals surface area contributed by atoms with Crippen LogP contribution in [0, 0.1) is 99.7 Å². The van der Waals surface area contributed by atoms with Gasteiger partial charge in [-0.25, -0.2) is 61.8 Å². The zero-order valence-electron chi connectivity index (χ0n) is 32.6. The lowest BCUT2D eigenvalue weighted by atomic mass is 9.83. The van der Waals surface area contributed by atoms with E-state index in [9.17, 15) is 39.5 Å². The fourth-order valence-electron chi connectivity index (χ4n) is 7.89. The van der Waals surface area contributed by atoms with Crippen molar-refractivity contribution in [2.24, 2.45) is 0 Å². The SMILES string of the molecule is Cc1cc(C)c(N2C=[N+](c3c(C)cc(C)cc3C)C(CC(C)c3c(F)c(F)c(F)c(F)c3F)C2CC(C)c2c(F)c(F)c(F)c(F)c2F)c(C)c1.O=S(=O)([O-])C(F)(F)F. The highest BCUT2D eigenvalue weighted by atomic mass is 32.2. The molecule has 5 nitrogen and oxygen atoms in total. The summed E-state index contributed by atoms with van der Waals surface area (Å²) in [4.78, 5) is 1.81. The van der Waals surface area contributed by atoms with Gasteiger partial charge >= 0.3 is 5.51 Å². The van der Waals surface area contributed by atoms with Crippen molar-refractivity contribution >= 4 is 27.8 Å². The predicted octanol–water partition coefficient (Wildman–Crippen LogP) is 11.3. The predicted molar refractivity (Wildman–Crippen MR) is 192 cm³/mol. The Morgan fingerprint density at radius 3 is 1.24 bits per heavy atom. The summed E-state index contributed by atoms with van der Waals surface area (Å²) in [7, 11) is -6.09. The van der Waals surface area contributed by atoms with Gasteiger partial charge in [-0.3, -0.25) is 0 Å².